The largest absolute Gasteiger partial charge is 0.0650 e. The summed E-state index contributed by atoms with van der Waals surface area (Å²) in [5.74, 6) is 0.900. The van der Waals surface area contributed by atoms with Gasteiger partial charge in [-0.3, -0.25) is 0 Å². The minimum atomic E-state index is 0.358. The van der Waals surface area contributed by atoms with E-state index >= 15 is 0 Å². The molecule has 0 aliphatic rings. The van der Waals surface area contributed by atoms with Gasteiger partial charge in [0.15, 0.2) is 0 Å². The molecule has 0 saturated heterocycles. The van der Waals surface area contributed by atoms with Crippen LogP contribution in [0.1, 0.15) is 46.5 Å². The van der Waals surface area contributed by atoms with Gasteiger partial charge in [-0.2, -0.15) is 0 Å². The predicted octanol–water partition coefficient (Wildman–Crippen LogP) is 5.05. The zero-order valence-corrected chi connectivity index (χ0v) is 11.7. The summed E-state index contributed by atoms with van der Waals surface area (Å²) >= 11 is 2.66. The number of rotatable bonds is 7. The van der Waals surface area contributed by atoms with Crippen LogP contribution in [0.4, 0.5) is 0 Å². The van der Waals surface area contributed by atoms with Crippen molar-refractivity contribution in [2.45, 2.75) is 46.5 Å². The molecule has 1 atom stereocenters. The van der Waals surface area contributed by atoms with Crippen LogP contribution in [0.3, 0.4) is 0 Å². The summed E-state index contributed by atoms with van der Waals surface area (Å²) in [7, 11) is 0. The predicted molar refractivity (Wildman–Crippen MR) is 69.7 cm³/mol. The molecule has 0 radical (unpaired) electrons. The second-order valence-electron chi connectivity index (χ2n) is 3.80. The normalized spacial score (nSPS) is 13.8. The Kier molecular flexibility index (Phi) is 9.59. The van der Waals surface area contributed by atoms with Crippen molar-refractivity contribution in [2.75, 3.05) is 12.3 Å². The van der Waals surface area contributed by atoms with Crippen molar-refractivity contribution in [3.63, 3.8) is 0 Å². The van der Waals surface area contributed by atoms with E-state index < -0.39 is 0 Å². The van der Waals surface area contributed by atoms with Crippen molar-refractivity contribution in [2.24, 2.45) is 5.92 Å². The van der Waals surface area contributed by atoms with Gasteiger partial charge in [-0.15, -0.1) is 0 Å². The summed E-state index contributed by atoms with van der Waals surface area (Å²) in [6.07, 6.45) is 8.68. The highest BCUT2D eigenvalue weighted by Crippen LogP contribution is 2.46. The molecular formula is C10H22IP. The molecule has 0 heterocycles. The van der Waals surface area contributed by atoms with Crippen LogP contribution >= 0.6 is 27.6 Å². The maximum atomic E-state index is 2.66. The molecule has 0 aliphatic heterocycles. The second kappa shape index (κ2) is 8.74. The van der Waals surface area contributed by atoms with E-state index in [0.29, 0.717) is 5.56 Å². The highest BCUT2D eigenvalue weighted by atomic mass is 127. The first-order valence-electron chi connectivity index (χ1n) is 5.07. The van der Waals surface area contributed by atoms with E-state index in [2.05, 4.69) is 42.8 Å². The molecule has 74 valence electrons. The minimum absolute atomic E-state index is 0.358. The van der Waals surface area contributed by atoms with Gasteiger partial charge in [0.1, 0.15) is 0 Å². The molecule has 0 N–H and O–H groups in total. The van der Waals surface area contributed by atoms with Gasteiger partial charge in [-0.05, 0) is 30.2 Å². The fourth-order valence-corrected chi connectivity index (χ4v) is 4.94. The van der Waals surface area contributed by atoms with E-state index in [4.69, 9.17) is 0 Å². The molecule has 0 aromatic rings. The molecule has 12 heavy (non-hydrogen) atoms. The van der Waals surface area contributed by atoms with Crippen molar-refractivity contribution >= 4 is 27.6 Å². The van der Waals surface area contributed by atoms with Gasteiger partial charge in [-0.25, -0.2) is 0 Å². The summed E-state index contributed by atoms with van der Waals surface area (Å²) in [4.78, 5) is 0. The van der Waals surface area contributed by atoms with Crippen LogP contribution < -0.4 is 0 Å². The Hall–Kier alpha value is 1.16. The third-order valence-electron chi connectivity index (χ3n) is 1.90. The van der Waals surface area contributed by atoms with Crippen LogP contribution in [0.25, 0.3) is 0 Å². The van der Waals surface area contributed by atoms with Crippen molar-refractivity contribution in [1.29, 1.82) is 0 Å². The van der Waals surface area contributed by atoms with E-state index in [-0.39, 0.29) is 0 Å². The van der Waals surface area contributed by atoms with E-state index in [9.17, 15) is 0 Å². The number of hydrogen-bond acceptors (Lipinski definition) is 0. The Morgan fingerprint density at radius 3 is 2.33 bits per heavy atom. The van der Waals surface area contributed by atoms with E-state index in [1.165, 1.54) is 38.0 Å². The maximum absolute atomic E-state index is 2.66. The summed E-state index contributed by atoms with van der Waals surface area (Å²) < 4.78 is 0. The summed E-state index contributed by atoms with van der Waals surface area (Å²) in [6, 6.07) is 0. The Morgan fingerprint density at radius 2 is 1.83 bits per heavy atom. The molecule has 0 spiro atoms. The molecule has 0 amide bonds. The van der Waals surface area contributed by atoms with Crippen LogP contribution in [0, 0.1) is 5.92 Å². The van der Waals surface area contributed by atoms with E-state index in [1.54, 1.807) is 0 Å². The van der Waals surface area contributed by atoms with Crippen molar-refractivity contribution in [3.8, 4) is 0 Å². The highest BCUT2D eigenvalue weighted by molar-refractivity contribution is 14.2. The van der Waals surface area contributed by atoms with Crippen LogP contribution in [0.5, 0.6) is 0 Å². The third kappa shape index (κ3) is 9.25. The number of halogens is 1. The zero-order chi connectivity index (χ0) is 9.40. The molecule has 0 aliphatic carbocycles. The topological polar surface area (TPSA) is 0 Å². The summed E-state index contributed by atoms with van der Waals surface area (Å²) in [5.41, 5.74) is 0.358. The molecule has 2 heteroatoms. The molecule has 0 fully saturated rings. The van der Waals surface area contributed by atoms with Crippen LogP contribution in [0.15, 0.2) is 0 Å². The third-order valence-corrected chi connectivity index (χ3v) is 6.53. The molecular weight excluding hydrogens is 278 g/mol. The molecule has 0 saturated carbocycles. The molecule has 0 aromatic carbocycles. The first-order valence-corrected chi connectivity index (χ1v) is 9.57. The first kappa shape index (κ1) is 13.2. The van der Waals surface area contributed by atoms with Gasteiger partial charge >= 0.3 is 0 Å². The summed E-state index contributed by atoms with van der Waals surface area (Å²) in [5, 5.41) is 0. The Balaban J connectivity index is 3.08. The maximum Gasteiger partial charge on any atom is -0.0235 e. The van der Waals surface area contributed by atoms with Gasteiger partial charge in [0, 0.05) is 0 Å². The average Bonchev–Trinajstić information content (AvgIpc) is 1.98. The molecule has 0 rings (SSSR count). The molecule has 1 unspecified atom stereocenters. The monoisotopic (exact) mass is 300 g/mol. The van der Waals surface area contributed by atoms with Gasteiger partial charge in [0.05, 0.1) is 0 Å². The van der Waals surface area contributed by atoms with Gasteiger partial charge in [0.25, 0.3) is 0 Å². The Bertz CT molecular complexity index is 93.8. The Morgan fingerprint density at radius 1 is 1.17 bits per heavy atom. The lowest BCUT2D eigenvalue weighted by Crippen LogP contribution is -1.89. The Labute approximate surface area is 92.1 Å². The van der Waals surface area contributed by atoms with Crippen molar-refractivity contribution < 1.29 is 0 Å². The standard InChI is InChI=1S/C10H22IP/c1-4-8-12(11)9-6-5-7-10(2)3/h10H,4-9H2,1-3H3. The molecule has 0 aromatic heterocycles. The van der Waals surface area contributed by atoms with E-state index in [0.717, 1.165) is 5.92 Å². The van der Waals surface area contributed by atoms with Gasteiger partial charge < -0.3 is 0 Å². The first-order chi connectivity index (χ1) is 5.66. The van der Waals surface area contributed by atoms with Crippen LogP contribution in [-0.2, 0) is 0 Å². The quantitative estimate of drug-likeness (QED) is 0.350. The van der Waals surface area contributed by atoms with Crippen molar-refractivity contribution in [1.82, 2.24) is 0 Å². The fourth-order valence-electron chi connectivity index (χ4n) is 1.19. The SMILES string of the molecule is CCCP(I)CCCCC(C)C. The average molecular weight is 300 g/mol. The summed E-state index contributed by atoms with van der Waals surface area (Å²) in [6.45, 7) is 6.93. The van der Waals surface area contributed by atoms with Crippen molar-refractivity contribution in [3.05, 3.63) is 0 Å². The minimum Gasteiger partial charge on any atom is -0.0650 e. The molecule has 0 nitrogen and oxygen atoms in total. The lowest BCUT2D eigenvalue weighted by molar-refractivity contribution is 0.551. The highest BCUT2D eigenvalue weighted by Gasteiger charge is 2.01. The van der Waals surface area contributed by atoms with Crippen LogP contribution in [-0.4, -0.2) is 12.3 Å². The van der Waals surface area contributed by atoms with Crippen LogP contribution in [0.2, 0.25) is 0 Å². The smallest absolute Gasteiger partial charge is 0.0235 e. The second-order valence-corrected chi connectivity index (χ2v) is 9.71. The lowest BCUT2D eigenvalue weighted by Gasteiger charge is -2.08. The van der Waals surface area contributed by atoms with Gasteiger partial charge in [-0.1, -0.05) is 62.1 Å². The molecule has 0 bridgehead atoms. The van der Waals surface area contributed by atoms with Gasteiger partial charge in [0.2, 0.25) is 0 Å². The fraction of sp³-hybridized carbons (Fsp3) is 1.00. The zero-order valence-electron chi connectivity index (χ0n) is 8.65. The van der Waals surface area contributed by atoms with E-state index in [1.807, 2.05) is 0 Å². The number of hydrogen-bond donors (Lipinski definition) is 0. The lowest BCUT2D eigenvalue weighted by atomic mass is 10.1. The number of unbranched alkanes of at least 4 members (excludes halogenated alkanes) is 1.